The maximum atomic E-state index is 10.6. The van der Waals surface area contributed by atoms with Gasteiger partial charge in [0.2, 0.25) is 0 Å². The van der Waals surface area contributed by atoms with E-state index in [0.717, 1.165) is 44.1 Å². The van der Waals surface area contributed by atoms with E-state index in [0.29, 0.717) is 0 Å². The number of aryl methyl sites for hydroxylation is 1. The van der Waals surface area contributed by atoms with Crippen LogP contribution in [0.2, 0.25) is 0 Å². The molecule has 1 aromatic rings. The number of carboxylic acids is 1. The molecule has 0 unspecified atom stereocenters. The van der Waals surface area contributed by atoms with Crippen molar-refractivity contribution in [3.63, 3.8) is 0 Å². The summed E-state index contributed by atoms with van der Waals surface area (Å²) in [6, 6.07) is 2.01. The number of rotatable bonds is 4. The van der Waals surface area contributed by atoms with Gasteiger partial charge in [0.25, 0.3) is 0 Å². The zero-order valence-electron chi connectivity index (χ0n) is 10.5. The first-order valence-corrected chi connectivity index (χ1v) is 6.19. The van der Waals surface area contributed by atoms with Gasteiger partial charge in [0, 0.05) is 37.9 Å². The molecule has 1 N–H and O–H groups in total. The van der Waals surface area contributed by atoms with Gasteiger partial charge < -0.3 is 10.0 Å². The smallest absolute Gasteiger partial charge is 0.317 e. The minimum absolute atomic E-state index is 0.123. The average molecular weight is 250 g/mol. The number of carboxylic acid groups (broad SMARTS) is 1. The van der Waals surface area contributed by atoms with Crippen LogP contribution in [0.5, 0.6) is 0 Å². The standard InChI is InChI=1S/C12H18N4O2/c1-2-10-7-11(14-9-13-10)16-5-3-15(4-6-16)8-12(17)18/h7,9H,2-6,8H2,1H3,(H,17,18). The molecular weight excluding hydrogens is 232 g/mol. The molecule has 0 aromatic carbocycles. The molecule has 0 amide bonds. The van der Waals surface area contributed by atoms with E-state index in [1.807, 2.05) is 11.0 Å². The summed E-state index contributed by atoms with van der Waals surface area (Å²) in [5.41, 5.74) is 1.04. The van der Waals surface area contributed by atoms with Gasteiger partial charge in [-0.1, -0.05) is 6.92 Å². The second-order valence-corrected chi connectivity index (χ2v) is 4.38. The summed E-state index contributed by atoms with van der Waals surface area (Å²) in [5, 5.41) is 8.74. The molecule has 6 heteroatoms. The van der Waals surface area contributed by atoms with E-state index in [1.54, 1.807) is 6.33 Å². The summed E-state index contributed by atoms with van der Waals surface area (Å²) in [4.78, 5) is 23.2. The van der Waals surface area contributed by atoms with E-state index in [2.05, 4.69) is 21.8 Å². The lowest BCUT2D eigenvalue weighted by Gasteiger charge is -2.34. The fourth-order valence-electron chi connectivity index (χ4n) is 2.08. The number of aromatic nitrogens is 2. The molecular formula is C12H18N4O2. The molecule has 1 saturated heterocycles. The highest BCUT2D eigenvalue weighted by atomic mass is 16.4. The van der Waals surface area contributed by atoms with Crippen molar-refractivity contribution in [1.82, 2.24) is 14.9 Å². The number of aliphatic carboxylic acids is 1. The molecule has 0 aliphatic carbocycles. The topological polar surface area (TPSA) is 69.6 Å². The summed E-state index contributed by atoms with van der Waals surface area (Å²) < 4.78 is 0. The molecule has 1 aromatic heterocycles. The van der Waals surface area contributed by atoms with Crippen molar-refractivity contribution in [2.24, 2.45) is 0 Å². The number of nitrogens with zero attached hydrogens (tertiary/aromatic N) is 4. The first-order chi connectivity index (χ1) is 8.69. The highest BCUT2D eigenvalue weighted by Crippen LogP contribution is 2.13. The Hall–Kier alpha value is -1.69. The van der Waals surface area contributed by atoms with Crippen molar-refractivity contribution in [1.29, 1.82) is 0 Å². The van der Waals surface area contributed by atoms with Gasteiger partial charge in [-0.3, -0.25) is 9.69 Å². The lowest BCUT2D eigenvalue weighted by Crippen LogP contribution is -2.48. The Bertz CT molecular complexity index is 416. The predicted octanol–water partition coefficient (Wildman–Crippen LogP) is 0.246. The molecule has 2 heterocycles. The minimum Gasteiger partial charge on any atom is -0.480 e. The van der Waals surface area contributed by atoms with Crippen molar-refractivity contribution in [2.75, 3.05) is 37.6 Å². The normalized spacial score (nSPS) is 16.8. The highest BCUT2D eigenvalue weighted by molar-refractivity contribution is 5.69. The molecule has 1 aliphatic heterocycles. The van der Waals surface area contributed by atoms with Crippen LogP contribution in [0.15, 0.2) is 12.4 Å². The first kappa shape index (κ1) is 12.8. The molecule has 0 radical (unpaired) electrons. The van der Waals surface area contributed by atoms with E-state index in [-0.39, 0.29) is 6.54 Å². The number of hydrogen-bond donors (Lipinski definition) is 1. The molecule has 0 spiro atoms. The molecule has 1 fully saturated rings. The maximum absolute atomic E-state index is 10.6. The largest absolute Gasteiger partial charge is 0.480 e. The quantitative estimate of drug-likeness (QED) is 0.826. The maximum Gasteiger partial charge on any atom is 0.317 e. The van der Waals surface area contributed by atoms with Crippen LogP contribution in [0.1, 0.15) is 12.6 Å². The van der Waals surface area contributed by atoms with Crippen LogP contribution in [-0.4, -0.2) is 58.7 Å². The predicted molar refractivity (Wildman–Crippen MR) is 67.7 cm³/mol. The second kappa shape index (κ2) is 5.77. The van der Waals surface area contributed by atoms with E-state index < -0.39 is 5.97 Å². The molecule has 1 aliphatic rings. The Balaban J connectivity index is 1.94. The van der Waals surface area contributed by atoms with Gasteiger partial charge in [0.15, 0.2) is 0 Å². The van der Waals surface area contributed by atoms with Gasteiger partial charge in [-0.2, -0.15) is 0 Å². The number of piperazine rings is 1. The zero-order chi connectivity index (χ0) is 13.0. The third-order valence-electron chi connectivity index (χ3n) is 3.13. The van der Waals surface area contributed by atoms with E-state index in [9.17, 15) is 4.79 Å². The first-order valence-electron chi connectivity index (χ1n) is 6.19. The second-order valence-electron chi connectivity index (χ2n) is 4.38. The zero-order valence-corrected chi connectivity index (χ0v) is 10.5. The van der Waals surface area contributed by atoms with Crippen LogP contribution >= 0.6 is 0 Å². The van der Waals surface area contributed by atoms with Crippen molar-refractivity contribution >= 4 is 11.8 Å². The van der Waals surface area contributed by atoms with Gasteiger partial charge >= 0.3 is 5.97 Å². The third-order valence-corrected chi connectivity index (χ3v) is 3.13. The average Bonchev–Trinajstić information content (AvgIpc) is 2.39. The lowest BCUT2D eigenvalue weighted by atomic mass is 10.2. The van der Waals surface area contributed by atoms with Crippen LogP contribution < -0.4 is 4.90 Å². The summed E-state index contributed by atoms with van der Waals surface area (Å²) >= 11 is 0. The fourth-order valence-corrected chi connectivity index (χ4v) is 2.08. The van der Waals surface area contributed by atoms with Crippen LogP contribution in [-0.2, 0) is 11.2 Å². The van der Waals surface area contributed by atoms with Gasteiger partial charge in [0.05, 0.1) is 6.54 Å². The van der Waals surface area contributed by atoms with Crippen LogP contribution in [0.3, 0.4) is 0 Å². The Morgan fingerprint density at radius 2 is 2.06 bits per heavy atom. The highest BCUT2D eigenvalue weighted by Gasteiger charge is 2.19. The summed E-state index contributed by atoms with van der Waals surface area (Å²) in [5.74, 6) is 0.176. The summed E-state index contributed by atoms with van der Waals surface area (Å²) in [7, 11) is 0. The van der Waals surface area contributed by atoms with Crippen molar-refractivity contribution in [2.45, 2.75) is 13.3 Å². The number of carbonyl (C=O) groups is 1. The number of hydrogen-bond acceptors (Lipinski definition) is 5. The third kappa shape index (κ3) is 3.16. The van der Waals surface area contributed by atoms with E-state index in [4.69, 9.17) is 5.11 Å². The molecule has 2 rings (SSSR count). The molecule has 0 atom stereocenters. The Kier molecular flexibility index (Phi) is 4.09. The van der Waals surface area contributed by atoms with Crippen LogP contribution in [0, 0.1) is 0 Å². The van der Waals surface area contributed by atoms with Gasteiger partial charge in [0.1, 0.15) is 12.1 Å². The lowest BCUT2D eigenvalue weighted by molar-refractivity contribution is -0.138. The summed E-state index contributed by atoms with van der Waals surface area (Å²) in [6.07, 6.45) is 2.49. The van der Waals surface area contributed by atoms with Crippen molar-refractivity contribution in [3.05, 3.63) is 18.1 Å². The molecule has 6 nitrogen and oxygen atoms in total. The number of anilines is 1. The van der Waals surface area contributed by atoms with Crippen LogP contribution in [0.25, 0.3) is 0 Å². The SMILES string of the molecule is CCc1cc(N2CCN(CC(=O)O)CC2)ncn1. The van der Waals surface area contributed by atoms with Gasteiger partial charge in [-0.25, -0.2) is 9.97 Å². The van der Waals surface area contributed by atoms with Crippen molar-refractivity contribution < 1.29 is 9.90 Å². The molecule has 0 saturated carbocycles. The van der Waals surface area contributed by atoms with Crippen molar-refractivity contribution in [3.8, 4) is 0 Å². The Morgan fingerprint density at radius 1 is 1.33 bits per heavy atom. The monoisotopic (exact) mass is 250 g/mol. The van der Waals surface area contributed by atoms with Gasteiger partial charge in [-0.05, 0) is 6.42 Å². The fraction of sp³-hybridized carbons (Fsp3) is 0.583. The molecule has 98 valence electrons. The van der Waals surface area contributed by atoms with Crippen LogP contribution in [0.4, 0.5) is 5.82 Å². The van der Waals surface area contributed by atoms with Gasteiger partial charge in [-0.15, -0.1) is 0 Å². The van der Waals surface area contributed by atoms with E-state index in [1.165, 1.54) is 0 Å². The van der Waals surface area contributed by atoms with E-state index >= 15 is 0 Å². The summed E-state index contributed by atoms with van der Waals surface area (Å²) in [6.45, 7) is 5.34. The molecule has 0 bridgehead atoms. The Labute approximate surface area is 106 Å². The molecule has 18 heavy (non-hydrogen) atoms. The minimum atomic E-state index is -0.765. The Morgan fingerprint density at radius 3 is 2.67 bits per heavy atom.